The van der Waals surface area contributed by atoms with E-state index in [9.17, 15) is 14.3 Å². The number of benzene rings is 2. The molecule has 0 aromatic heterocycles. The highest BCUT2D eigenvalue weighted by Gasteiger charge is 2.35. The highest BCUT2D eigenvalue weighted by molar-refractivity contribution is 7.99. The van der Waals surface area contributed by atoms with Gasteiger partial charge in [0.05, 0.1) is 5.56 Å². The first-order valence-corrected chi connectivity index (χ1v) is 9.93. The molecule has 0 aliphatic carbocycles. The molecule has 2 unspecified atom stereocenters. The number of hydrogen-bond donors (Lipinski definition) is 2. The van der Waals surface area contributed by atoms with E-state index in [0.29, 0.717) is 24.4 Å². The van der Waals surface area contributed by atoms with E-state index in [-0.39, 0.29) is 23.3 Å². The van der Waals surface area contributed by atoms with Crippen LogP contribution in [0.3, 0.4) is 0 Å². The van der Waals surface area contributed by atoms with Gasteiger partial charge in [0.1, 0.15) is 23.5 Å². The van der Waals surface area contributed by atoms with E-state index in [1.807, 2.05) is 17.9 Å². The lowest BCUT2D eigenvalue weighted by Gasteiger charge is -2.31. The van der Waals surface area contributed by atoms with Crippen molar-refractivity contribution in [3.05, 3.63) is 65.0 Å². The Labute approximate surface area is 161 Å². The normalized spacial score (nSPS) is 22.6. The van der Waals surface area contributed by atoms with Gasteiger partial charge >= 0.3 is 5.97 Å². The molecule has 0 bridgehead atoms. The van der Waals surface area contributed by atoms with Gasteiger partial charge in [0.2, 0.25) is 0 Å². The lowest BCUT2D eigenvalue weighted by molar-refractivity contribution is 0.0169. The number of ether oxygens (including phenoxy) is 1. The van der Waals surface area contributed by atoms with Gasteiger partial charge in [-0.3, -0.25) is 0 Å². The molecule has 2 aromatic carbocycles. The number of thioether (sulfide) groups is 1. The maximum atomic E-state index is 13.3. The highest BCUT2D eigenvalue weighted by atomic mass is 32.2. The van der Waals surface area contributed by atoms with Gasteiger partial charge in [0.15, 0.2) is 0 Å². The number of aryl methyl sites for hydroxylation is 1. The largest absolute Gasteiger partial charge is 0.456 e. The standard InChI is InChI=1S/C20H21FN2O3S/c1-12-8-14(20(25)26-16-9-22-10-16)4-7-17(12)23-18(24)11-27-19(23)13-2-5-15(21)6-3-13/h2-8,16,18-19,22,24H,9-11H2,1H3. The number of nitrogens with zero attached hydrogens (tertiary/aromatic N) is 1. The van der Waals surface area contributed by atoms with E-state index in [4.69, 9.17) is 4.74 Å². The first kappa shape index (κ1) is 18.3. The van der Waals surface area contributed by atoms with E-state index < -0.39 is 6.23 Å². The molecular weight excluding hydrogens is 367 g/mol. The summed E-state index contributed by atoms with van der Waals surface area (Å²) in [5.41, 5.74) is 3.16. The van der Waals surface area contributed by atoms with Crippen LogP contribution in [-0.2, 0) is 4.74 Å². The Bertz CT molecular complexity index is 842. The van der Waals surface area contributed by atoms with E-state index in [2.05, 4.69) is 5.32 Å². The van der Waals surface area contributed by atoms with Gasteiger partial charge in [0, 0.05) is 24.5 Å². The molecule has 2 aliphatic heterocycles. The zero-order valence-electron chi connectivity index (χ0n) is 14.9. The second kappa shape index (κ2) is 7.50. The van der Waals surface area contributed by atoms with Crippen molar-refractivity contribution >= 4 is 23.4 Å². The van der Waals surface area contributed by atoms with Gasteiger partial charge in [-0.15, -0.1) is 11.8 Å². The second-order valence-electron chi connectivity index (χ2n) is 6.81. The summed E-state index contributed by atoms with van der Waals surface area (Å²) in [6.07, 6.45) is -0.709. The fraction of sp³-hybridized carbons (Fsp3) is 0.350. The van der Waals surface area contributed by atoms with Crippen molar-refractivity contribution in [1.29, 1.82) is 0 Å². The molecule has 4 rings (SSSR count). The molecule has 2 saturated heterocycles. The Hall–Kier alpha value is -2.09. The topological polar surface area (TPSA) is 61.8 Å². The summed E-state index contributed by atoms with van der Waals surface area (Å²) < 4.78 is 18.7. The third-order valence-corrected chi connectivity index (χ3v) is 6.17. The lowest BCUT2D eigenvalue weighted by Crippen LogP contribution is -2.49. The van der Waals surface area contributed by atoms with Crippen LogP contribution < -0.4 is 10.2 Å². The maximum absolute atomic E-state index is 13.3. The molecular formula is C20H21FN2O3S. The summed E-state index contributed by atoms with van der Waals surface area (Å²) >= 11 is 1.61. The van der Waals surface area contributed by atoms with Crippen LogP contribution in [0.4, 0.5) is 10.1 Å². The summed E-state index contributed by atoms with van der Waals surface area (Å²) in [4.78, 5) is 14.2. The molecule has 0 radical (unpaired) electrons. The van der Waals surface area contributed by atoms with Gasteiger partial charge in [0.25, 0.3) is 0 Å². The van der Waals surface area contributed by atoms with Gasteiger partial charge in [-0.1, -0.05) is 12.1 Å². The van der Waals surface area contributed by atoms with Crippen molar-refractivity contribution in [2.24, 2.45) is 0 Å². The number of nitrogens with one attached hydrogen (secondary N) is 1. The summed E-state index contributed by atoms with van der Waals surface area (Å²) in [6, 6.07) is 11.7. The molecule has 0 amide bonds. The van der Waals surface area contributed by atoms with Crippen molar-refractivity contribution < 1.29 is 19.0 Å². The molecule has 2 N–H and O–H groups in total. The van der Waals surface area contributed by atoms with E-state index in [0.717, 1.165) is 16.8 Å². The number of hydrogen-bond acceptors (Lipinski definition) is 6. The van der Waals surface area contributed by atoms with Gasteiger partial charge in [-0.25, -0.2) is 9.18 Å². The van der Waals surface area contributed by atoms with E-state index in [1.165, 1.54) is 12.1 Å². The number of halogens is 1. The first-order chi connectivity index (χ1) is 13.0. The molecule has 2 heterocycles. The number of anilines is 1. The lowest BCUT2D eigenvalue weighted by atomic mass is 10.1. The minimum absolute atomic E-state index is 0.0582. The molecule has 2 fully saturated rings. The molecule has 5 nitrogen and oxygen atoms in total. The predicted octanol–water partition coefficient (Wildman–Crippen LogP) is 2.83. The maximum Gasteiger partial charge on any atom is 0.338 e. The number of carbonyl (C=O) groups excluding carboxylic acids is 1. The molecule has 142 valence electrons. The summed E-state index contributed by atoms with van der Waals surface area (Å²) in [5, 5.41) is 13.5. The molecule has 0 spiro atoms. The minimum atomic E-state index is -0.650. The number of carbonyl (C=O) groups is 1. The molecule has 2 atom stereocenters. The summed E-state index contributed by atoms with van der Waals surface area (Å²) in [5.74, 6) is -0.0583. The van der Waals surface area contributed by atoms with Crippen molar-refractivity contribution in [3.8, 4) is 0 Å². The number of rotatable bonds is 4. The third-order valence-electron chi connectivity index (χ3n) is 4.86. The van der Waals surface area contributed by atoms with E-state index >= 15 is 0 Å². The van der Waals surface area contributed by atoms with Crippen molar-refractivity contribution in [3.63, 3.8) is 0 Å². The fourth-order valence-electron chi connectivity index (χ4n) is 3.30. The van der Waals surface area contributed by atoms with Crippen LogP contribution >= 0.6 is 11.8 Å². The Kier molecular flexibility index (Phi) is 5.08. The minimum Gasteiger partial charge on any atom is -0.456 e. The van der Waals surface area contributed by atoms with Crippen LogP contribution in [-0.4, -0.2) is 42.3 Å². The van der Waals surface area contributed by atoms with Crippen LogP contribution in [0.15, 0.2) is 42.5 Å². The van der Waals surface area contributed by atoms with Crippen LogP contribution in [0.5, 0.6) is 0 Å². The Balaban J connectivity index is 1.58. The molecule has 0 saturated carbocycles. The first-order valence-electron chi connectivity index (χ1n) is 8.89. The zero-order chi connectivity index (χ0) is 19.0. The van der Waals surface area contributed by atoms with Gasteiger partial charge < -0.3 is 20.1 Å². The van der Waals surface area contributed by atoms with Crippen molar-refractivity contribution in [2.45, 2.75) is 24.6 Å². The molecule has 2 aliphatic rings. The Morgan fingerprint density at radius 3 is 2.63 bits per heavy atom. The van der Waals surface area contributed by atoms with Gasteiger partial charge in [-0.05, 0) is 48.4 Å². The number of aliphatic hydroxyl groups excluding tert-OH is 1. The highest BCUT2D eigenvalue weighted by Crippen LogP contribution is 2.44. The average Bonchev–Trinajstić information content (AvgIpc) is 3.00. The molecule has 2 aromatic rings. The van der Waals surface area contributed by atoms with Crippen LogP contribution in [0, 0.1) is 12.7 Å². The Morgan fingerprint density at radius 2 is 2.00 bits per heavy atom. The van der Waals surface area contributed by atoms with Crippen molar-refractivity contribution in [2.75, 3.05) is 23.7 Å². The van der Waals surface area contributed by atoms with Crippen molar-refractivity contribution in [1.82, 2.24) is 5.32 Å². The smallest absolute Gasteiger partial charge is 0.338 e. The van der Waals surface area contributed by atoms with Crippen LogP contribution in [0.2, 0.25) is 0 Å². The number of esters is 1. The molecule has 27 heavy (non-hydrogen) atoms. The predicted molar refractivity (Wildman–Crippen MR) is 103 cm³/mol. The van der Waals surface area contributed by atoms with Crippen LogP contribution in [0.25, 0.3) is 0 Å². The fourth-order valence-corrected chi connectivity index (χ4v) is 4.58. The van der Waals surface area contributed by atoms with Crippen LogP contribution in [0.1, 0.15) is 26.9 Å². The second-order valence-corrected chi connectivity index (χ2v) is 7.93. The third kappa shape index (κ3) is 3.67. The van der Waals surface area contributed by atoms with E-state index in [1.54, 1.807) is 36.0 Å². The quantitative estimate of drug-likeness (QED) is 0.786. The SMILES string of the molecule is Cc1cc(C(=O)OC2CNC2)ccc1N1C(O)CSC1c1ccc(F)cc1. The summed E-state index contributed by atoms with van der Waals surface area (Å²) in [7, 11) is 0. The Morgan fingerprint density at radius 1 is 1.26 bits per heavy atom. The number of aliphatic hydroxyl groups is 1. The zero-order valence-corrected chi connectivity index (χ0v) is 15.7. The monoisotopic (exact) mass is 388 g/mol. The van der Waals surface area contributed by atoms with Gasteiger partial charge in [-0.2, -0.15) is 0 Å². The average molecular weight is 388 g/mol. The molecule has 7 heteroatoms. The summed E-state index contributed by atoms with van der Waals surface area (Å²) in [6.45, 7) is 3.30.